The molecular formula is C22H30O4. The Labute approximate surface area is 156 Å². The number of hydrogen-bond acceptors (Lipinski definition) is 4. The monoisotopic (exact) mass is 358 g/mol. The van der Waals surface area contributed by atoms with Gasteiger partial charge < -0.3 is 9.47 Å². The third-order valence-corrected chi connectivity index (χ3v) is 4.84. The van der Waals surface area contributed by atoms with Crippen LogP contribution in [0.3, 0.4) is 0 Å². The molecule has 2 rings (SSSR count). The van der Waals surface area contributed by atoms with Crippen LogP contribution in [-0.4, -0.2) is 24.1 Å². The molecule has 0 aliphatic heterocycles. The summed E-state index contributed by atoms with van der Waals surface area (Å²) < 4.78 is 11.1. The van der Waals surface area contributed by atoms with Crippen molar-refractivity contribution in [2.75, 3.05) is 0 Å². The third-order valence-electron chi connectivity index (χ3n) is 4.84. The van der Waals surface area contributed by atoms with Crippen molar-refractivity contribution in [3.05, 3.63) is 46.5 Å². The first-order valence-electron chi connectivity index (χ1n) is 9.42. The highest BCUT2D eigenvalue weighted by molar-refractivity contribution is 5.67. The Kier molecular flexibility index (Phi) is 7.01. The van der Waals surface area contributed by atoms with E-state index in [0.29, 0.717) is 12.3 Å². The summed E-state index contributed by atoms with van der Waals surface area (Å²) in [7, 11) is 0. The smallest absolute Gasteiger partial charge is 0.303 e. The first-order chi connectivity index (χ1) is 12.3. The van der Waals surface area contributed by atoms with Crippen molar-refractivity contribution in [1.29, 1.82) is 0 Å². The summed E-state index contributed by atoms with van der Waals surface area (Å²) in [5, 5.41) is 0. The molecule has 0 fully saturated rings. The van der Waals surface area contributed by atoms with Gasteiger partial charge in [0.1, 0.15) is 6.10 Å². The first-order valence-corrected chi connectivity index (χ1v) is 9.42. The molecule has 1 aliphatic carbocycles. The van der Waals surface area contributed by atoms with Gasteiger partial charge in [0.05, 0.1) is 0 Å². The van der Waals surface area contributed by atoms with Gasteiger partial charge in [-0.1, -0.05) is 32.1 Å². The Morgan fingerprint density at radius 3 is 2.38 bits per heavy atom. The molecule has 0 bridgehead atoms. The van der Waals surface area contributed by atoms with Crippen LogP contribution >= 0.6 is 0 Å². The van der Waals surface area contributed by atoms with Gasteiger partial charge in [0.2, 0.25) is 0 Å². The fourth-order valence-corrected chi connectivity index (χ4v) is 3.66. The van der Waals surface area contributed by atoms with Crippen molar-refractivity contribution in [3.63, 3.8) is 0 Å². The van der Waals surface area contributed by atoms with Gasteiger partial charge in [-0.05, 0) is 60.4 Å². The standard InChI is InChI=1S/C22H30O4/c1-14(2)18-12-11-15(3)19-9-7-6-8-10-21(25-16(4)23)22(13-20(18)19)26-17(5)24/h8,10-12,14,21-22H,6-7,9,13H2,1-5H3/b10-8-. The Bertz CT molecular complexity index is 688. The van der Waals surface area contributed by atoms with Crippen molar-refractivity contribution in [2.45, 2.75) is 78.4 Å². The third kappa shape index (κ3) is 5.20. The summed E-state index contributed by atoms with van der Waals surface area (Å²) in [6.45, 7) is 9.26. The highest BCUT2D eigenvalue weighted by Gasteiger charge is 2.28. The molecule has 1 aromatic rings. The normalized spacial score (nSPS) is 21.6. The van der Waals surface area contributed by atoms with Gasteiger partial charge in [0.15, 0.2) is 6.10 Å². The maximum absolute atomic E-state index is 11.7. The minimum atomic E-state index is -0.567. The van der Waals surface area contributed by atoms with E-state index in [9.17, 15) is 9.59 Å². The van der Waals surface area contributed by atoms with Crippen LogP contribution < -0.4 is 0 Å². The van der Waals surface area contributed by atoms with Gasteiger partial charge in [-0.2, -0.15) is 0 Å². The minimum Gasteiger partial charge on any atom is -0.458 e. The predicted octanol–water partition coefficient (Wildman–Crippen LogP) is 4.42. The molecule has 0 saturated heterocycles. The maximum Gasteiger partial charge on any atom is 0.303 e. The van der Waals surface area contributed by atoms with Gasteiger partial charge in [-0.15, -0.1) is 0 Å². The number of ether oxygens (including phenoxy) is 2. The number of allylic oxidation sites excluding steroid dienone is 1. The van der Waals surface area contributed by atoms with E-state index in [1.54, 1.807) is 0 Å². The lowest BCUT2D eigenvalue weighted by molar-refractivity contribution is -0.161. The molecule has 0 spiro atoms. The summed E-state index contributed by atoms with van der Waals surface area (Å²) in [5.74, 6) is -0.367. The molecule has 0 amide bonds. The molecule has 26 heavy (non-hydrogen) atoms. The highest BCUT2D eigenvalue weighted by atomic mass is 16.6. The number of hydrogen-bond donors (Lipinski definition) is 0. The molecule has 4 heteroatoms. The number of carbonyl (C=O) groups is 2. The molecular weight excluding hydrogens is 328 g/mol. The van der Waals surface area contributed by atoms with Crippen molar-refractivity contribution in [2.24, 2.45) is 0 Å². The Morgan fingerprint density at radius 2 is 1.77 bits per heavy atom. The minimum absolute atomic E-state index is 0.363. The largest absolute Gasteiger partial charge is 0.458 e. The molecule has 0 N–H and O–H groups in total. The molecule has 1 aliphatic rings. The van der Waals surface area contributed by atoms with Gasteiger partial charge in [-0.25, -0.2) is 0 Å². The Balaban J connectivity index is 2.53. The van der Waals surface area contributed by atoms with Gasteiger partial charge in [0, 0.05) is 20.3 Å². The van der Waals surface area contributed by atoms with Gasteiger partial charge in [-0.3, -0.25) is 9.59 Å². The van der Waals surface area contributed by atoms with Crippen LogP contribution in [0.1, 0.15) is 68.7 Å². The van der Waals surface area contributed by atoms with E-state index < -0.39 is 12.2 Å². The van der Waals surface area contributed by atoms with Gasteiger partial charge >= 0.3 is 11.9 Å². The van der Waals surface area contributed by atoms with E-state index in [2.05, 4.69) is 32.9 Å². The van der Waals surface area contributed by atoms with Crippen molar-refractivity contribution >= 4 is 11.9 Å². The van der Waals surface area contributed by atoms with E-state index in [-0.39, 0.29) is 11.9 Å². The SMILES string of the molecule is CC(=O)OC1/C=C\CCCc2c(C)ccc(C(C)C)c2CC1OC(C)=O. The van der Waals surface area contributed by atoms with E-state index in [1.807, 2.05) is 12.2 Å². The number of fused-ring (bicyclic) bond motifs is 1. The summed E-state index contributed by atoms with van der Waals surface area (Å²) in [4.78, 5) is 23.3. The van der Waals surface area contributed by atoms with Crippen LogP contribution in [0.25, 0.3) is 0 Å². The lowest BCUT2D eigenvalue weighted by Crippen LogP contribution is -2.35. The van der Waals surface area contributed by atoms with Crippen LogP contribution in [0.5, 0.6) is 0 Å². The molecule has 2 unspecified atom stereocenters. The number of aryl methyl sites for hydroxylation is 1. The lowest BCUT2D eigenvalue weighted by atomic mass is 9.84. The fraction of sp³-hybridized carbons (Fsp3) is 0.545. The van der Waals surface area contributed by atoms with E-state index in [4.69, 9.17) is 9.47 Å². The molecule has 0 aromatic heterocycles. The van der Waals surface area contributed by atoms with Crippen LogP contribution in [0.4, 0.5) is 0 Å². The number of benzene rings is 1. The number of carbonyl (C=O) groups excluding carboxylic acids is 2. The Hall–Kier alpha value is -2.10. The quantitative estimate of drug-likeness (QED) is 0.593. The van der Waals surface area contributed by atoms with Crippen molar-refractivity contribution < 1.29 is 19.1 Å². The molecule has 0 saturated carbocycles. The van der Waals surface area contributed by atoms with Crippen molar-refractivity contribution in [1.82, 2.24) is 0 Å². The second kappa shape index (κ2) is 9.02. The zero-order valence-electron chi connectivity index (χ0n) is 16.5. The fourth-order valence-electron chi connectivity index (χ4n) is 3.66. The van der Waals surface area contributed by atoms with Crippen molar-refractivity contribution in [3.8, 4) is 0 Å². The molecule has 2 atom stereocenters. The van der Waals surface area contributed by atoms with Crippen LogP contribution in [0.2, 0.25) is 0 Å². The summed E-state index contributed by atoms with van der Waals surface area (Å²) >= 11 is 0. The zero-order valence-corrected chi connectivity index (χ0v) is 16.5. The lowest BCUT2D eigenvalue weighted by Gasteiger charge is -2.28. The second-order valence-electron chi connectivity index (χ2n) is 7.33. The van der Waals surface area contributed by atoms with Crippen LogP contribution in [0, 0.1) is 6.92 Å². The summed E-state index contributed by atoms with van der Waals surface area (Å²) in [6, 6.07) is 4.35. The summed E-state index contributed by atoms with van der Waals surface area (Å²) in [5.41, 5.74) is 5.11. The zero-order chi connectivity index (χ0) is 19.3. The average molecular weight is 358 g/mol. The maximum atomic E-state index is 11.7. The van der Waals surface area contributed by atoms with E-state index >= 15 is 0 Å². The summed E-state index contributed by atoms with van der Waals surface area (Å²) in [6.07, 6.45) is 6.28. The Morgan fingerprint density at radius 1 is 1.08 bits per heavy atom. The molecule has 142 valence electrons. The molecule has 0 heterocycles. The predicted molar refractivity (Wildman–Crippen MR) is 102 cm³/mol. The molecule has 0 radical (unpaired) electrons. The number of esters is 2. The van der Waals surface area contributed by atoms with Crippen LogP contribution in [-0.2, 0) is 31.9 Å². The first kappa shape index (κ1) is 20.2. The van der Waals surface area contributed by atoms with E-state index in [1.165, 1.54) is 36.1 Å². The highest BCUT2D eigenvalue weighted by Crippen LogP contribution is 2.30. The molecule has 4 nitrogen and oxygen atoms in total. The average Bonchev–Trinajstić information content (AvgIpc) is 2.53. The van der Waals surface area contributed by atoms with Crippen LogP contribution in [0.15, 0.2) is 24.3 Å². The van der Waals surface area contributed by atoms with E-state index in [0.717, 1.165) is 19.3 Å². The van der Waals surface area contributed by atoms with Gasteiger partial charge in [0.25, 0.3) is 0 Å². The number of rotatable bonds is 3. The molecule has 1 aromatic carbocycles. The topological polar surface area (TPSA) is 52.6 Å². The second-order valence-corrected chi connectivity index (χ2v) is 7.33.